The number of para-hydroxylation sites is 1. The summed E-state index contributed by atoms with van der Waals surface area (Å²) in [5, 5.41) is 13.5. The number of anilines is 1. The maximum atomic E-state index is 12.7. The van der Waals surface area contributed by atoms with Crippen LogP contribution in [0.15, 0.2) is 48.5 Å². The number of hydrogen-bond acceptors (Lipinski definition) is 7. The van der Waals surface area contributed by atoms with Crippen molar-refractivity contribution in [2.45, 2.75) is 87.2 Å². The van der Waals surface area contributed by atoms with Gasteiger partial charge in [0.05, 0.1) is 25.2 Å². The van der Waals surface area contributed by atoms with Crippen LogP contribution in [0.2, 0.25) is 0 Å². The molecule has 0 spiro atoms. The van der Waals surface area contributed by atoms with Gasteiger partial charge in [-0.25, -0.2) is 4.79 Å². The Morgan fingerprint density at radius 3 is 2.56 bits per heavy atom. The Morgan fingerprint density at radius 1 is 0.979 bits per heavy atom. The van der Waals surface area contributed by atoms with Gasteiger partial charge in [-0.3, -0.25) is 14.4 Å². The van der Waals surface area contributed by atoms with Crippen LogP contribution in [-0.4, -0.2) is 84.4 Å². The summed E-state index contributed by atoms with van der Waals surface area (Å²) in [4.78, 5) is 54.8. The number of fused-ring (bicyclic) bond motifs is 4. The maximum absolute atomic E-state index is 12.7. The molecule has 3 aromatic rings. The monoisotopic (exact) mass is 672 g/mol. The summed E-state index contributed by atoms with van der Waals surface area (Å²) >= 11 is 1.90. The lowest BCUT2D eigenvalue weighted by Gasteiger charge is -2.39. The van der Waals surface area contributed by atoms with Gasteiger partial charge in [0.25, 0.3) is 0 Å². The second kappa shape index (κ2) is 15.5. The third kappa shape index (κ3) is 7.67. The number of nitrogens with zero attached hydrogens (tertiary/aromatic N) is 1. The van der Waals surface area contributed by atoms with Gasteiger partial charge in [0.15, 0.2) is 7.98 Å². The summed E-state index contributed by atoms with van der Waals surface area (Å²) in [6.07, 6.45) is 6.77. The number of H-pyrrole nitrogens is 1. The molecule has 0 bridgehead atoms. The molecule has 5 atom stereocenters. The minimum Gasteiger partial charge on any atom is -0.468 e. The van der Waals surface area contributed by atoms with Crippen molar-refractivity contribution in [2.75, 3.05) is 24.7 Å². The van der Waals surface area contributed by atoms with E-state index in [1.807, 2.05) is 56.1 Å². The lowest BCUT2D eigenvalue weighted by atomic mass is 9.85. The van der Waals surface area contributed by atoms with Crippen molar-refractivity contribution >= 4 is 60.1 Å². The minimum atomic E-state index is -0.407. The zero-order valence-corrected chi connectivity index (χ0v) is 28.5. The quantitative estimate of drug-likeness (QED) is 0.0763. The van der Waals surface area contributed by atoms with Crippen molar-refractivity contribution < 1.29 is 23.9 Å². The van der Waals surface area contributed by atoms with Gasteiger partial charge in [-0.15, -0.1) is 0 Å². The van der Waals surface area contributed by atoms with E-state index in [1.165, 1.54) is 7.11 Å². The number of unbranched alkanes of at least 4 members (excludes halogenated alkanes) is 3. The molecule has 4 heterocycles. The number of ether oxygens (including phenoxy) is 1. The Labute approximate surface area is 286 Å². The number of aromatic amines is 1. The van der Waals surface area contributed by atoms with Gasteiger partial charge in [-0.1, -0.05) is 43.2 Å². The molecule has 13 heteroatoms. The molecule has 48 heavy (non-hydrogen) atoms. The second-order valence-electron chi connectivity index (χ2n) is 13.1. The molecule has 0 radical (unpaired) electrons. The average molecular weight is 673 g/mol. The predicted molar refractivity (Wildman–Crippen MR) is 191 cm³/mol. The number of carbonyl (C=O) groups excluding carboxylic acids is 4. The summed E-state index contributed by atoms with van der Waals surface area (Å²) < 4.78 is 5.15. The van der Waals surface area contributed by atoms with Gasteiger partial charge in [-0.05, 0) is 55.0 Å². The van der Waals surface area contributed by atoms with Crippen molar-refractivity contribution in [1.82, 2.24) is 25.7 Å². The van der Waals surface area contributed by atoms with Crippen LogP contribution in [0.25, 0.3) is 10.9 Å². The van der Waals surface area contributed by atoms with E-state index in [2.05, 4.69) is 43.2 Å². The Balaban J connectivity index is 0.899. The summed E-state index contributed by atoms with van der Waals surface area (Å²) in [5.41, 5.74) is 4.99. The Hall–Kier alpha value is -3.97. The Morgan fingerprint density at radius 2 is 1.75 bits per heavy atom. The van der Waals surface area contributed by atoms with E-state index < -0.39 is 6.04 Å². The van der Waals surface area contributed by atoms with Crippen molar-refractivity contribution in [3.8, 4) is 0 Å². The van der Waals surface area contributed by atoms with Gasteiger partial charge in [0.2, 0.25) is 11.8 Å². The Bertz CT molecular complexity index is 1630. The highest BCUT2D eigenvalue weighted by Gasteiger charge is 2.42. The Kier molecular flexibility index (Phi) is 11.0. The normalized spacial score (nSPS) is 23.2. The molecule has 3 aliphatic heterocycles. The first kappa shape index (κ1) is 33.9. The molecular formula is C35H45BN6O5S. The van der Waals surface area contributed by atoms with Crippen LogP contribution >= 0.6 is 11.8 Å². The van der Waals surface area contributed by atoms with Crippen LogP contribution in [0.1, 0.15) is 74.2 Å². The molecule has 3 aliphatic rings. The number of amides is 4. The number of carbonyl (C=O) groups is 4. The minimum absolute atomic E-state index is 0.0371. The number of aromatic nitrogens is 1. The first-order valence-corrected chi connectivity index (χ1v) is 18.1. The zero-order chi connectivity index (χ0) is 33.6. The third-order valence-electron chi connectivity index (χ3n) is 9.88. The molecule has 254 valence electrons. The van der Waals surface area contributed by atoms with Crippen molar-refractivity contribution in [1.29, 1.82) is 0 Å². The van der Waals surface area contributed by atoms with Gasteiger partial charge in [-0.2, -0.15) is 11.8 Å². The molecule has 5 N–H and O–H groups in total. The summed E-state index contributed by atoms with van der Waals surface area (Å²) in [6.45, 7) is 0.617. The van der Waals surface area contributed by atoms with E-state index in [0.717, 1.165) is 77.7 Å². The van der Waals surface area contributed by atoms with Gasteiger partial charge >= 0.3 is 12.0 Å². The predicted octanol–water partition coefficient (Wildman–Crippen LogP) is 3.55. The topological polar surface area (TPSA) is 145 Å². The number of benzene rings is 2. The van der Waals surface area contributed by atoms with Gasteiger partial charge in [0.1, 0.15) is 6.04 Å². The summed E-state index contributed by atoms with van der Waals surface area (Å²) in [5.74, 6) is 0.735. The van der Waals surface area contributed by atoms with Crippen LogP contribution < -0.4 is 21.3 Å². The fraction of sp³-hybridized carbons (Fsp3) is 0.486. The van der Waals surface area contributed by atoms with E-state index in [9.17, 15) is 19.2 Å². The van der Waals surface area contributed by atoms with Crippen LogP contribution in [-0.2, 0) is 25.5 Å². The van der Waals surface area contributed by atoms with Crippen molar-refractivity contribution in [3.05, 3.63) is 65.4 Å². The molecule has 2 fully saturated rings. The molecular weight excluding hydrogens is 627 g/mol. The number of methoxy groups -OCH3 is 1. The number of thioether (sulfide) groups is 1. The molecule has 4 amide bonds. The maximum Gasteiger partial charge on any atom is 0.322 e. The van der Waals surface area contributed by atoms with Crippen molar-refractivity contribution in [3.63, 3.8) is 0 Å². The molecule has 11 nitrogen and oxygen atoms in total. The van der Waals surface area contributed by atoms with Crippen LogP contribution in [0.3, 0.4) is 0 Å². The average Bonchev–Trinajstić information content (AvgIpc) is 3.76. The number of nitrogens with one attached hydrogen (secondary N) is 5. The summed E-state index contributed by atoms with van der Waals surface area (Å²) in [7, 11) is 3.38. The molecule has 6 rings (SSSR count). The fourth-order valence-electron chi connectivity index (χ4n) is 7.33. The first-order chi connectivity index (χ1) is 23.3. The van der Waals surface area contributed by atoms with Gasteiger partial charge in [0, 0.05) is 59.1 Å². The van der Waals surface area contributed by atoms with E-state index in [1.54, 1.807) is 0 Å². The zero-order valence-electron chi connectivity index (χ0n) is 27.7. The van der Waals surface area contributed by atoms with Gasteiger partial charge < -0.3 is 35.8 Å². The summed E-state index contributed by atoms with van der Waals surface area (Å²) in [6, 6.07) is 15.8. The number of urea groups is 1. The number of hydrogen-bond donors (Lipinski definition) is 5. The highest BCUT2D eigenvalue weighted by molar-refractivity contribution is 8.00. The standard InChI is InChI=1S/C35H45BN6O5S/c1-47-34(45)27-19-24-23-9-4-5-10-25(23)39-31(24)33(42(27)36)21-14-16-22(17-15-21)38-30(44)13-3-2-8-18-37-29(43)12-7-6-11-28-32-26(20-48-28)40-35(46)41-32/h4-5,9-10,14-17,26-28,32-33,39H,2-3,6-8,11-13,18-20,36H2,1H3,(H,37,43)(H,38,44)(H2,40,41,46). The third-order valence-corrected chi connectivity index (χ3v) is 11.4. The van der Waals surface area contributed by atoms with E-state index in [-0.39, 0.29) is 41.9 Å². The highest BCUT2D eigenvalue weighted by Crippen LogP contribution is 2.40. The fourth-order valence-corrected chi connectivity index (χ4v) is 8.88. The van der Waals surface area contributed by atoms with E-state index >= 15 is 0 Å². The molecule has 0 aliphatic carbocycles. The largest absolute Gasteiger partial charge is 0.468 e. The van der Waals surface area contributed by atoms with E-state index in [4.69, 9.17) is 4.74 Å². The molecule has 1 aromatic heterocycles. The molecule has 0 saturated carbocycles. The van der Waals surface area contributed by atoms with Crippen LogP contribution in [0.4, 0.5) is 10.5 Å². The molecule has 5 unspecified atom stereocenters. The number of esters is 1. The lowest BCUT2D eigenvalue weighted by molar-refractivity contribution is -0.145. The van der Waals surface area contributed by atoms with Crippen LogP contribution in [0, 0.1) is 0 Å². The smallest absolute Gasteiger partial charge is 0.322 e. The van der Waals surface area contributed by atoms with Crippen LogP contribution in [0.5, 0.6) is 0 Å². The second-order valence-corrected chi connectivity index (χ2v) is 14.3. The SMILES string of the molecule is BN1C(C(=O)OC)Cc2c([nH]c3ccccc23)C1c1ccc(NC(=O)CCCCCNC(=O)CCCCC2SCC3NC(=O)NC32)cc1. The molecule has 2 aromatic carbocycles. The lowest BCUT2D eigenvalue weighted by Crippen LogP contribution is -2.47. The van der Waals surface area contributed by atoms with E-state index in [0.29, 0.717) is 31.1 Å². The highest BCUT2D eigenvalue weighted by atomic mass is 32.2. The number of rotatable bonds is 14. The first-order valence-electron chi connectivity index (χ1n) is 17.1. The van der Waals surface area contributed by atoms with Crippen molar-refractivity contribution in [2.24, 2.45) is 0 Å². The molecule has 2 saturated heterocycles.